The molecule has 0 fully saturated rings. The van der Waals surface area contributed by atoms with Gasteiger partial charge < -0.3 is 24.3 Å². The van der Waals surface area contributed by atoms with Gasteiger partial charge in [-0.05, 0) is 13.5 Å². The van der Waals surface area contributed by atoms with Crippen LogP contribution < -0.4 is 5.32 Å². The Labute approximate surface area is 115 Å². The average molecular weight is 277 g/mol. The van der Waals surface area contributed by atoms with E-state index in [4.69, 9.17) is 18.9 Å². The third-order valence-electron chi connectivity index (χ3n) is 2.09. The highest BCUT2D eigenvalue weighted by molar-refractivity contribution is 5.76. The molecule has 0 bridgehead atoms. The Morgan fingerprint density at radius 3 is 1.79 bits per heavy atom. The lowest BCUT2D eigenvalue weighted by atomic mass is 10.5. The maximum absolute atomic E-state index is 10.6. The van der Waals surface area contributed by atoms with Crippen molar-refractivity contribution >= 4 is 5.78 Å². The lowest BCUT2D eigenvalue weighted by Gasteiger charge is -2.07. The number of hydrogen-bond donors (Lipinski definition) is 1. The van der Waals surface area contributed by atoms with Gasteiger partial charge in [-0.1, -0.05) is 6.92 Å². The molecule has 1 N–H and O–H groups in total. The number of ether oxygens (including phenoxy) is 4. The highest BCUT2D eigenvalue weighted by atomic mass is 16.6. The number of ketones is 1. The van der Waals surface area contributed by atoms with Crippen LogP contribution >= 0.6 is 0 Å². The van der Waals surface area contributed by atoms with E-state index in [-0.39, 0.29) is 12.4 Å². The van der Waals surface area contributed by atoms with Crippen LogP contribution in [0.2, 0.25) is 0 Å². The van der Waals surface area contributed by atoms with Crippen LogP contribution in [0.1, 0.15) is 13.8 Å². The lowest BCUT2D eigenvalue weighted by molar-refractivity contribution is -0.122. The van der Waals surface area contributed by atoms with Gasteiger partial charge in [0, 0.05) is 6.54 Å². The molecule has 0 saturated heterocycles. The molecule has 0 radical (unpaired) electrons. The molecule has 0 aliphatic rings. The number of hydrogen-bond acceptors (Lipinski definition) is 6. The minimum Gasteiger partial charge on any atom is -0.378 e. The highest BCUT2D eigenvalue weighted by Crippen LogP contribution is 1.83. The third-order valence-corrected chi connectivity index (χ3v) is 2.09. The van der Waals surface area contributed by atoms with E-state index in [1.807, 2.05) is 0 Å². The largest absolute Gasteiger partial charge is 0.378 e. The molecule has 0 aromatic heterocycles. The van der Waals surface area contributed by atoms with E-state index < -0.39 is 0 Å². The fourth-order valence-corrected chi connectivity index (χ4v) is 1.20. The molecule has 0 unspecified atom stereocenters. The van der Waals surface area contributed by atoms with Gasteiger partial charge in [0.25, 0.3) is 0 Å². The first-order valence-electron chi connectivity index (χ1n) is 6.78. The van der Waals surface area contributed by atoms with Gasteiger partial charge in [-0.15, -0.1) is 0 Å². The summed E-state index contributed by atoms with van der Waals surface area (Å²) in [5, 5.41) is 3.17. The van der Waals surface area contributed by atoms with Crippen LogP contribution in [0.5, 0.6) is 0 Å². The van der Waals surface area contributed by atoms with Crippen molar-refractivity contribution < 1.29 is 23.7 Å². The fraction of sp³-hybridized carbons (Fsp3) is 0.923. The van der Waals surface area contributed by atoms with Crippen molar-refractivity contribution in [1.82, 2.24) is 5.32 Å². The molecule has 114 valence electrons. The van der Waals surface area contributed by atoms with Crippen molar-refractivity contribution in [3.05, 3.63) is 0 Å². The molecule has 0 heterocycles. The predicted molar refractivity (Wildman–Crippen MR) is 72.5 cm³/mol. The number of carbonyl (C=O) groups excluding carboxylic acids is 1. The van der Waals surface area contributed by atoms with Gasteiger partial charge in [-0.3, -0.25) is 4.79 Å². The normalized spacial score (nSPS) is 10.8. The molecule has 0 aliphatic heterocycles. The Hall–Kier alpha value is -0.530. The van der Waals surface area contributed by atoms with Gasteiger partial charge >= 0.3 is 0 Å². The summed E-state index contributed by atoms with van der Waals surface area (Å²) in [4.78, 5) is 10.6. The van der Waals surface area contributed by atoms with E-state index in [1.165, 1.54) is 6.92 Å². The summed E-state index contributed by atoms with van der Waals surface area (Å²) in [5.74, 6) is 0.0254. The summed E-state index contributed by atoms with van der Waals surface area (Å²) in [6.45, 7) is 9.44. The van der Waals surface area contributed by atoms with Crippen LogP contribution in [0.3, 0.4) is 0 Å². The van der Waals surface area contributed by atoms with Crippen LogP contribution in [0.4, 0.5) is 0 Å². The summed E-state index contributed by atoms with van der Waals surface area (Å²) >= 11 is 0. The van der Waals surface area contributed by atoms with Crippen molar-refractivity contribution in [2.45, 2.75) is 13.8 Å². The zero-order chi connectivity index (χ0) is 14.2. The molecule has 0 spiro atoms. The van der Waals surface area contributed by atoms with Gasteiger partial charge in [-0.25, -0.2) is 0 Å². The monoisotopic (exact) mass is 277 g/mol. The van der Waals surface area contributed by atoms with Crippen molar-refractivity contribution in [1.29, 1.82) is 0 Å². The smallest absolute Gasteiger partial charge is 0.155 e. The Bertz CT molecular complexity index is 201. The number of carbonyl (C=O) groups is 1. The summed E-state index contributed by atoms with van der Waals surface area (Å²) in [5.41, 5.74) is 0. The van der Waals surface area contributed by atoms with Crippen LogP contribution in [-0.4, -0.2) is 71.7 Å². The standard InChI is InChI=1S/C13H27NO5/c1-3-14-4-5-16-6-7-17-8-9-18-10-11-19-12-13(2)15/h14H,3-12H2,1-2H3. The zero-order valence-electron chi connectivity index (χ0n) is 12.1. The summed E-state index contributed by atoms with van der Waals surface area (Å²) in [6, 6.07) is 0. The van der Waals surface area contributed by atoms with Crippen molar-refractivity contribution in [2.24, 2.45) is 0 Å². The minimum absolute atomic E-state index is 0.0254. The topological polar surface area (TPSA) is 66.0 Å². The molecule has 0 rings (SSSR count). The first kappa shape index (κ1) is 18.5. The molecule has 0 saturated carbocycles. The van der Waals surface area contributed by atoms with Crippen molar-refractivity contribution in [3.8, 4) is 0 Å². The van der Waals surface area contributed by atoms with E-state index in [9.17, 15) is 4.79 Å². The number of likely N-dealkylation sites (N-methyl/N-ethyl adjacent to an activating group) is 1. The summed E-state index contributed by atoms with van der Waals surface area (Å²) in [7, 11) is 0. The van der Waals surface area contributed by atoms with Gasteiger partial charge in [0.15, 0.2) is 5.78 Å². The van der Waals surface area contributed by atoms with Crippen molar-refractivity contribution in [2.75, 3.05) is 65.9 Å². The molecule has 0 atom stereocenters. The lowest BCUT2D eigenvalue weighted by Crippen LogP contribution is -2.20. The van der Waals surface area contributed by atoms with Gasteiger partial charge in [0.2, 0.25) is 0 Å². The molecule has 6 heteroatoms. The van der Waals surface area contributed by atoms with Crippen molar-refractivity contribution in [3.63, 3.8) is 0 Å². The van der Waals surface area contributed by atoms with Gasteiger partial charge in [-0.2, -0.15) is 0 Å². The fourth-order valence-electron chi connectivity index (χ4n) is 1.20. The van der Waals surface area contributed by atoms with E-state index in [1.54, 1.807) is 0 Å². The molecule has 0 aromatic carbocycles. The highest BCUT2D eigenvalue weighted by Gasteiger charge is 1.94. The molecule has 19 heavy (non-hydrogen) atoms. The maximum Gasteiger partial charge on any atom is 0.155 e. The average Bonchev–Trinajstić information content (AvgIpc) is 2.39. The SMILES string of the molecule is CCNCCOCCOCCOCCOCC(C)=O. The zero-order valence-corrected chi connectivity index (χ0v) is 12.1. The first-order valence-corrected chi connectivity index (χ1v) is 6.78. The van der Waals surface area contributed by atoms with Crippen LogP contribution in [0.25, 0.3) is 0 Å². The summed E-state index contributed by atoms with van der Waals surface area (Å²) < 4.78 is 21.0. The van der Waals surface area contributed by atoms with E-state index in [2.05, 4.69) is 12.2 Å². The quantitative estimate of drug-likeness (QED) is 0.433. The number of Topliss-reactive ketones (excluding diaryl/α,β-unsaturated/α-hetero) is 1. The Morgan fingerprint density at radius 2 is 1.32 bits per heavy atom. The van der Waals surface area contributed by atoms with E-state index in [0.717, 1.165) is 13.1 Å². The summed E-state index contributed by atoms with van der Waals surface area (Å²) in [6.07, 6.45) is 0. The maximum atomic E-state index is 10.6. The third kappa shape index (κ3) is 17.5. The molecule has 0 amide bonds. The second kappa shape index (κ2) is 15.5. The van der Waals surface area contributed by atoms with E-state index in [0.29, 0.717) is 46.2 Å². The molecule has 6 nitrogen and oxygen atoms in total. The molecular weight excluding hydrogens is 250 g/mol. The second-order valence-corrected chi connectivity index (χ2v) is 3.95. The van der Waals surface area contributed by atoms with Gasteiger partial charge in [0.1, 0.15) is 6.61 Å². The molecule has 0 aliphatic carbocycles. The van der Waals surface area contributed by atoms with Crippen LogP contribution in [0.15, 0.2) is 0 Å². The number of rotatable bonds is 15. The Morgan fingerprint density at radius 1 is 0.842 bits per heavy atom. The Balaban J connectivity index is 2.93. The first-order chi connectivity index (χ1) is 9.27. The predicted octanol–water partition coefficient (Wildman–Crippen LogP) is 0.251. The molecular formula is C13H27NO5. The van der Waals surface area contributed by atoms with Crippen LogP contribution in [-0.2, 0) is 23.7 Å². The van der Waals surface area contributed by atoms with Crippen LogP contribution in [0, 0.1) is 0 Å². The van der Waals surface area contributed by atoms with E-state index >= 15 is 0 Å². The van der Waals surface area contributed by atoms with Gasteiger partial charge in [0.05, 0.1) is 46.2 Å². The second-order valence-electron chi connectivity index (χ2n) is 3.95. The Kier molecular flexibility index (Phi) is 15.1. The molecule has 0 aromatic rings. The number of nitrogens with one attached hydrogen (secondary N) is 1. The minimum atomic E-state index is 0.0254.